The van der Waals surface area contributed by atoms with Crippen molar-refractivity contribution < 1.29 is 28.6 Å². The van der Waals surface area contributed by atoms with Gasteiger partial charge in [-0.25, -0.2) is 9.78 Å². The van der Waals surface area contributed by atoms with E-state index in [0.717, 1.165) is 36.8 Å². The largest absolute Gasteiger partial charge is 0.489 e. The first kappa shape index (κ1) is 33.5. The van der Waals surface area contributed by atoms with Gasteiger partial charge in [0.1, 0.15) is 30.2 Å². The second-order valence-electron chi connectivity index (χ2n) is 12.1. The van der Waals surface area contributed by atoms with Crippen molar-refractivity contribution in [2.75, 3.05) is 32.8 Å². The Labute approximate surface area is 286 Å². The van der Waals surface area contributed by atoms with Crippen molar-refractivity contribution in [2.24, 2.45) is 0 Å². The Balaban J connectivity index is 1.25. The average Bonchev–Trinajstić information content (AvgIpc) is 3.67. The van der Waals surface area contributed by atoms with Gasteiger partial charge in [-0.15, -0.1) is 0 Å². The highest BCUT2D eigenvalue weighted by molar-refractivity contribution is 5.97. The summed E-state index contributed by atoms with van der Waals surface area (Å²) in [5.41, 5.74) is 2.45. The number of nitrogens with one attached hydrogen (secondary N) is 1. The molecule has 11 nitrogen and oxygen atoms in total. The highest BCUT2D eigenvalue weighted by Gasteiger charge is 2.32. The number of benzene rings is 3. The third-order valence-corrected chi connectivity index (χ3v) is 8.66. The predicted octanol–water partition coefficient (Wildman–Crippen LogP) is 5.82. The standard InChI is InChI=1S/C38H41N5O6/c1-2-47-38(46)43-23-21-42(22-24-43)37(45)34(28-17-19-30(20-18-28)48-26-27-11-5-3-6-12-27)41-36(44)32-25-33(49-31-15-9-10-16-31)40-35(39-32)29-13-7-4-8-14-29/h3-8,11-14,17-20,25,31,34H,2,9-10,15-16,21-24,26H2,1H3,(H,41,44)/t34-/m0/s1. The summed E-state index contributed by atoms with van der Waals surface area (Å²) in [4.78, 5) is 52.9. The lowest BCUT2D eigenvalue weighted by Gasteiger charge is -2.36. The lowest BCUT2D eigenvalue weighted by Crippen LogP contribution is -2.53. The zero-order valence-corrected chi connectivity index (χ0v) is 27.6. The number of aromatic nitrogens is 2. The Hall–Kier alpha value is -5.45. The van der Waals surface area contributed by atoms with Gasteiger partial charge in [0.05, 0.1) is 6.61 Å². The van der Waals surface area contributed by atoms with E-state index >= 15 is 0 Å². The number of ether oxygens (including phenoxy) is 3. The van der Waals surface area contributed by atoms with Gasteiger partial charge >= 0.3 is 6.09 Å². The molecule has 4 aromatic rings. The molecule has 1 saturated heterocycles. The molecule has 0 spiro atoms. The maximum Gasteiger partial charge on any atom is 0.409 e. The molecule has 6 rings (SSSR count). The summed E-state index contributed by atoms with van der Waals surface area (Å²) in [5.74, 6) is 0.478. The van der Waals surface area contributed by atoms with Crippen LogP contribution in [0.15, 0.2) is 91.0 Å². The maximum atomic E-state index is 14.1. The number of amides is 3. The average molecular weight is 664 g/mol. The first-order valence-corrected chi connectivity index (χ1v) is 16.9. The van der Waals surface area contributed by atoms with E-state index in [4.69, 9.17) is 14.2 Å². The van der Waals surface area contributed by atoms with Gasteiger partial charge in [-0.3, -0.25) is 9.59 Å². The minimum atomic E-state index is -1.03. The van der Waals surface area contributed by atoms with Crippen molar-refractivity contribution in [3.63, 3.8) is 0 Å². The lowest BCUT2D eigenvalue weighted by atomic mass is 10.0. The van der Waals surface area contributed by atoms with E-state index in [1.165, 1.54) is 0 Å². The first-order chi connectivity index (χ1) is 24.0. The Morgan fingerprint density at radius 3 is 2.16 bits per heavy atom. The van der Waals surface area contributed by atoms with Crippen molar-refractivity contribution in [1.29, 1.82) is 0 Å². The molecule has 0 bridgehead atoms. The van der Waals surface area contributed by atoms with Crippen molar-refractivity contribution in [3.05, 3.63) is 108 Å². The molecule has 1 aromatic heterocycles. The summed E-state index contributed by atoms with van der Waals surface area (Å²) in [7, 11) is 0. The molecular formula is C38H41N5O6. The van der Waals surface area contributed by atoms with Gasteiger partial charge in [-0.2, -0.15) is 4.98 Å². The van der Waals surface area contributed by atoms with E-state index in [1.54, 1.807) is 47.1 Å². The Morgan fingerprint density at radius 1 is 0.837 bits per heavy atom. The van der Waals surface area contributed by atoms with Crippen molar-refractivity contribution in [1.82, 2.24) is 25.1 Å². The second-order valence-corrected chi connectivity index (χ2v) is 12.1. The van der Waals surface area contributed by atoms with Crippen molar-refractivity contribution in [2.45, 2.75) is 51.4 Å². The van der Waals surface area contributed by atoms with E-state index < -0.39 is 18.0 Å². The van der Waals surface area contributed by atoms with Crippen LogP contribution in [0.2, 0.25) is 0 Å². The summed E-state index contributed by atoms with van der Waals surface area (Å²) >= 11 is 0. The minimum Gasteiger partial charge on any atom is -0.489 e. The summed E-state index contributed by atoms with van der Waals surface area (Å²) in [6.45, 7) is 3.68. The van der Waals surface area contributed by atoms with E-state index in [0.29, 0.717) is 55.8 Å². The Kier molecular flexibility index (Phi) is 11.0. The molecule has 2 fully saturated rings. The molecular weight excluding hydrogens is 622 g/mol. The fraction of sp³-hybridized carbons (Fsp3) is 0.342. The van der Waals surface area contributed by atoms with Gasteiger partial charge in [-0.1, -0.05) is 72.8 Å². The Bertz CT molecular complexity index is 1710. The van der Waals surface area contributed by atoms with E-state index in [9.17, 15) is 14.4 Å². The number of hydrogen-bond acceptors (Lipinski definition) is 8. The quantitative estimate of drug-likeness (QED) is 0.213. The molecule has 11 heteroatoms. The van der Waals surface area contributed by atoms with E-state index in [1.807, 2.05) is 60.7 Å². The van der Waals surface area contributed by atoms with Crippen LogP contribution in [0.1, 0.15) is 60.3 Å². The molecule has 1 aliphatic carbocycles. The van der Waals surface area contributed by atoms with Crippen LogP contribution in [0, 0.1) is 0 Å². The van der Waals surface area contributed by atoms with Gasteiger partial charge in [0.15, 0.2) is 5.82 Å². The normalized spacial score (nSPS) is 15.4. The molecule has 1 saturated carbocycles. The molecule has 0 unspecified atom stereocenters. The molecule has 2 aliphatic rings. The number of hydrogen-bond donors (Lipinski definition) is 1. The van der Waals surface area contributed by atoms with Crippen LogP contribution >= 0.6 is 0 Å². The summed E-state index contributed by atoms with van der Waals surface area (Å²) in [6, 6.07) is 26.9. The summed E-state index contributed by atoms with van der Waals surface area (Å²) in [6.07, 6.45) is 3.65. The van der Waals surface area contributed by atoms with Gasteiger partial charge < -0.3 is 29.3 Å². The molecule has 0 radical (unpaired) electrons. The van der Waals surface area contributed by atoms with Crippen molar-refractivity contribution in [3.8, 4) is 23.0 Å². The third-order valence-electron chi connectivity index (χ3n) is 8.66. The summed E-state index contributed by atoms with van der Waals surface area (Å²) < 4.78 is 17.3. The lowest BCUT2D eigenvalue weighted by molar-refractivity contribution is -0.135. The molecule has 3 aromatic carbocycles. The van der Waals surface area contributed by atoms with Crippen LogP contribution in [0.4, 0.5) is 4.79 Å². The molecule has 1 atom stereocenters. The number of rotatable bonds is 11. The molecule has 2 heterocycles. The first-order valence-electron chi connectivity index (χ1n) is 16.9. The maximum absolute atomic E-state index is 14.1. The smallest absolute Gasteiger partial charge is 0.409 e. The van der Waals surface area contributed by atoms with Gasteiger partial charge in [0.25, 0.3) is 5.91 Å². The number of carbonyl (C=O) groups excluding carboxylic acids is 3. The third kappa shape index (κ3) is 8.72. The molecule has 1 aliphatic heterocycles. The fourth-order valence-corrected chi connectivity index (χ4v) is 5.99. The molecule has 1 N–H and O–H groups in total. The van der Waals surface area contributed by atoms with Crippen LogP contribution in [0.3, 0.4) is 0 Å². The number of piperazine rings is 1. The number of nitrogens with zero attached hydrogens (tertiary/aromatic N) is 4. The molecule has 3 amide bonds. The van der Waals surface area contributed by atoms with Gasteiger partial charge in [-0.05, 0) is 55.9 Å². The van der Waals surface area contributed by atoms with Gasteiger partial charge in [0, 0.05) is 37.8 Å². The van der Waals surface area contributed by atoms with Crippen LogP contribution in [-0.2, 0) is 16.1 Å². The van der Waals surface area contributed by atoms with Crippen LogP contribution in [0.5, 0.6) is 11.6 Å². The molecule has 49 heavy (non-hydrogen) atoms. The minimum absolute atomic E-state index is 0.0275. The fourth-order valence-electron chi connectivity index (χ4n) is 5.99. The van der Waals surface area contributed by atoms with Gasteiger partial charge in [0.2, 0.25) is 11.8 Å². The van der Waals surface area contributed by atoms with Crippen LogP contribution < -0.4 is 14.8 Å². The monoisotopic (exact) mass is 663 g/mol. The van der Waals surface area contributed by atoms with Crippen LogP contribution in [0.25, 0.3) is 11.4 Å². The highest BCUT2D eigenvalue weighted by Crippen LogP contribution is 2.27. The van der Waals surface area contributed by atoms with Crippen molar-refractivity contribution >= 4 is 17.9 Å². The van der Waals surface area contributed by atoms with Crippen LogP contribution in [-0.4, -0.2) is 76.6 Å². The summed E-state index contributed by atoms with van der Waals surface area (Å²) in [5, 5.41) is 2.96. The topological polar surface area (TPSA) is 123 Å². The zero-order valence-electron chi connectivity index (χ0n) is 27.6. The van der Waals surface area contributed by atoms with E-state index in [-0.39, 0.29) is 24.3 Å². The van der Waals surface area contributed by atoms with E-state index in [2.05, 4.69) is 15.3 Å². The Morgan fingerprint density at radius 2 is 1.49 bits per heavy atom. The predicted molar refractivity (Wildman–Crippen MR) is 183 cm³/mol. The number of carbonyl (C=O) groups is 3. The SMILES string of the molecule is CCOC(=O)N1CCN(C(=O)[C@@H](NC(=O)c2cc(OC3CCCC3)nc(-c3ccccc3)n2)c2ccc(OCc3ccccc3)cc2)CC1. The highest BCUT2D eigenvalue weighted by atomic mass is 16.6. The molecule has 254 valence electrons. The second kappa shape index (κ2) is 16.1. The zero-order chi connectivity index (χ0) is 34.0.